The van der Waals surface area contributed by atoms with Crippen molar-refractivity contribution in [1.82, 2.24) is 0 Å². The Morgan fingerprint density at radius 3 is 1.83 bits per heavy atom. The molecular formula is C34H40O2. The molecule has 0 unspecified atom stereocenters. The number of hydrogen-bond donors (Lipinski definition) is 0. The van der Waals surface area contributed by atoms with Crippen LogP contribution in [0.4, 0.5) is 0 Å². The first-order valence-electron chi connectivity index (χ1n) is 13.1. The molecule has 0 aliphatic heterocycles. The quantitative estimate of drug-likeness (QED) is 0.318. The fraction of sp³-hybridized carbons (Fsp3) is 0.353. The molecule has 0 fully saturated rings. The second kappa shape index (κ2) is 12.6. The Morgan fingerprint density at radius 1 is 0.694 bits per heavy atom. The van der Waals surface area contributed by atoms with Gasteiger partial charge in [-0.25, -0.2) is 0 Å². The number of ketones is 2. The van der Waals surface area contributed by atoms with Gasteiger partial charge in [-0.15, -0.1) is 0 Å². The van der Waals surface area contributed by atoms with Crippen molar-refractivity contribution >= 4 is 11.6 Å². The number of hydrogen-bond acceptors (Lipinski definition) is 2. The van der Waals surface area contributed by atoms with Gasteiger partial charge in [0.15, 0.2) is 11.6 Å². The summed E-state index contributed by atoms with van der Waals surface area (Å²) in [5, 5.41) is 0. The van der Waals surface area contributed by atoms with E-state index in [0.29, 0.717) is 28.7 Å². The van der Waals surface area contributed by atoms with Crippen molar-refractivity contribution in [2.24, 2.45) is 0 Å². The van der Waals surface area contributed by atoms with Crippen LogP contribution in [0.2, 0.25) is 0 Å². The maximum atomic E-state index is 12.9. The Balaban J connectivity index is 1.47. The van der Waals surface area contributed by atoms with Crippen molar-refractivity contribution in [3.05, 3.63) is 116 Å². The first-order valence-corrected chi connectivity index (χ1v) is 13.1. The van der Waals surface area contributed by atoms with Crippen LogP contribution in [0.25, 0.3) is 0 Å². The van der Waals surface area contributed by atoms with Crippen molar-refractivity contribution in [3.63, 3.8) is 0 Å². The molecule has 188 valence electrons. The minimum Gasteiger partial charge on any atom is -0.289 e. The van der Waals surface area contributed by atoms with Gasteiger partial charge in [0.2, 0.25) is 0 Å². The lowest BCUT2D eigenvalue weighted by molar-refractivity contribution is 0.0973. The SMILES string of the molecule is CC1=C(C/C=C(\C)CC/C=C(\C)CC/C=C(\C)Cc2cc(C)cc(C)c2)C(=O)c2ccccc2C1=O. The van der Waals surface area contributed by atoms with Crippen molar-refractivity contribution < 1.29 is 9.59 Å². The Bertz CT molecular complexity index is 1240. The van der Waals surface area contributed by atoms with Gasteiger partial charge in [0.25, 0.3) is 0 Å². The molecule has 1 aliphatic rings. The molecule has 2 aromatic carbocycles. The van der Waals surface area contributed by atoms with Gasteiger partial charge in [-0.1, -0.05) is 88.5 Å². The number of fused-ring (bicyclic) bond motifs is 1. The zero-order valence-corrected chi connectivity index (χ0v) is 22.8. The van der Waals surface area contributed by atoms with E-state index in [-0.39, 0.29) is 11.6 Å². The van der Waals surface area contributed by atoms with Gasteiger partial charge < -0.3 is 0 Å². The molecule has 0 saturated heterocycles. The number of carbonyl (C=O) groups is 2. The third kappa shape index (κ3) is 7.37. The summed E-state index contributed by atoms with van der Waals surface area (Å²) in [7, 11) is 0. The molecule has 1 aliphatic carbocycles. The molecule has 0 atom stereocenters. The van der Waals surface area contributed by atoms with E-state index in [1.54, 1.807) is 19.1 Å². The Kier molecular flexibility index (Phi) is 9.58. The van der Waals surface area contributed by atoms with Crippen molar-refractivity contribution in [1.29, 1.82) is 0 Å². The summed E-state index contributed by atoms with van der Waals surface area (Å²) in [6.07, 6.45) is 12.5. The molecule has 0 heterocycles. The minimum absolute atomic E-state index is 0.0108. The number of Topliss-reactive ketones (excluding diaryl/α,β-unsaturated/α-hetero) is 2. The van der Waals surface area contributed by atoms with Crippen LogP contribution in [-0.4, -0.2) is 11.6 Å². The van der Waals surface area contributed by atoms with Crippen molar-refractivity contribution in [3.8, 4) is 0 Å². The molecule has 0 spiro atoms. The number of carbonyl (C=O) groups excluding carboxylic acids is 2. The van der Waals surface area contributed by atoms with E-state index in [0.717, 1.165) is 32.1 Å². The molecule has 3 rings (SSSR count). The summed E-state index contributed by atoms with van der Waals surface area (Å²) >= 11 is 0. The van der Waals surface area contributed by atoms with Crippen LogP contribution in [0.5, 0.6) is 0 Å². The normalized spacial score (nSPS) is 15.0. The zero-order valence-electron chi connectivity index (χ0n) is 22.8. The molecule has 0 aromatic heterocycles. The Hall–Kier alpha value is -3.26. The summed E-state index contributed by atoms with van der Waals surface area (Å²) in [4.78, 5) is 25.6. The summed E-state index contributed by atoms with van der Waals surface area (Å²) in [6, 6.07) is 13.9. The van der Waals surface area contributed by atoms with E-state index in [2.05, 4.69) is 71.0 Å². The zero-order chi connectivity index (χ0) is 26.2. The van der Waals surface area contributed by atoms with E-state index >= 15 is 0 Å². The van der Waals surface area contributed by atoms with E-state index in [9.17, 15) is 9.59 Å². The number of aryl methyl sites for hydroxylation is 2. The first kappa shape index (κ1) is 27.3. The van der Waals surface area contributed by atoms with Crippen LogP contribution >= 0.6 is 0 Å². The minimum atomic E-state index is -0.0249. The smallest absolute Gasteiger partial charge is 0.190 e. The molecule has 2 heteroatoms. The second-order valence-electron chi connectivity index (χ2n) is 10.4. The van der Waals surface area contributed by atoms with Crippen molar-refractivity contribution in [2.75, 3.05) is 0 Å². The van der Waals surface area contributed by atoms with Gasteiger partial charge in [0.1, 0.15) is 0 Å². The van der Waals surface area contributed by atoms with Crippen LogP contribution in [0.15, 0.2) is 88.6 Å². The van der Waals surface area contributed by atoms with Gasteiger partial charge in [-0.2, -0.15) is 0 Å². The summed E-state index contributed by atoms with van der Waals surface area (Å²) < 4.78 is 0. The number of allylic oxidation sites excluding steroid dienone is 8. The summed E-state index contributed by atoms with van der Waals surface area (Å²) in [6.45, 7) is 12.7. The van der Waals surface area contributed by atoms with Gasteiger partial charge >= 0.3 is 0 Å². The van der Waals surface area contributed by atoms with Crippen LogP contribution < -0.4 is 0 Å². The average molecular weight is 481 g/mol. The predicted octanol–water partition coefficient (Wildman–Crippen LogP) is 9.03. The molecule has 2 aromatic rings. The van der Waals surface area contributed by atoms with E-state index < -0.39 is 0 Å². The van der Waals surface area contributed by atoms with E-state index in [4.69, 9.17) is 0 Å². The van der Waals surface area contributed by atoms with Gasteiger partial charge in [0, 0.05) is 22.3 Å². The molecule has 36 heavy (non-hydrogen) atoms. The molecule has 0 bridgehead atoms. The topological polar surface area (TPSA) is 34.1 Å². The van der Waals surface area contributed by atoms with Gasteiger partial charge in [0.05, 0.1) is 0 Å². The van der Waals surface area contributed by atoms with Crippen LogP contribution in [0.3, 0.4) is 0 Å². The monoisotopic (exact) mass is 480 g/mol. The number of rotatable bonds is 10. The van der Waals surface area contributed by atoms with Crippen molar-refractivity contribution in [2.45, 2.75) is 80.1 Å². The standard InChI is InChI=1S/C34H40O2/c1-23(12-10-14-25(3)20-29-21-26(4)19-27(5)22-29)11-9-13-24(2)17-18-30-28(6)33(35)31-15-7-8-16-32(31)34(30)36/h7-8,11,14-17,19,21-22H,9-10,12-13,18,20H2,1-6H3/b23-11+,24-17+,25-14+. The van der Waals surface area contributed by atoms with Crippen LogP contribution in [-0.2, 0) is 6.42 Å². The third-order valence-electron chi connectivity index (χ3n) is 6.97. The third-order valence-corrected chi connectivity index (χ3v) is 6.97. The molecule has 2 nitrogen and oxygen atoms in total. The van der Waals surface area contributed by atoms with Crippen LogP contribution in [0, 0.1) is 13.8 Å². The highest BCUT2D eigenvalue weighted by Gasteiger charge is 2.28. The average Bonchev–Trinajstić information content (AvgIpc) is 2.82. The molecule has 0 saturated carbocycles. The Morgan fingerprint density at radius 2 is 1.22 bits per heavy atom. The lowest BCUT2D eigenvalue weighted by Crippen LogP contribution is -2.20. The van der Waals surface area contributed by atoms with Gasteiger partial charge in [-0.05, 0) is 85.6 Å². The predicted molar refractivity (Wildman–Crippen MR) is 152 cm³/mol. The number of benzene rings is 2. The molecule has 0 N–H and O–H groups in total. The highest BCUT2D eigenvalue weighted by molar-refractivity contribution is 6.26. The fourth-order valence-electron chi connectivity index (χ4n) is 4.93. The van der Waals surface area contributed by atoms with Crippen LogP contribution in [0.1, 0.15) is 97.2 Å². The molecule has 0 amide bonds. The highest BCUT2D eigenvalue weighted by atomic mass is 16.1. The fourth-order valence-corrected chi connectivity index (χ4v) is 4.93. The maximum Gasteiger partial charge on any atom is 0.190 e. The first-order chi connectivity index (χ1) is 17.2. The molecule has 0 radical (unpaired) electrons. The summed E-state index contributed by atoms with van der Waals surface area (Å²) in [5.41, 5.74) is 10.4. The van der Waals surface area contributed by atoms with E-state index in [1.807, 2.05) is 12.1 Å². The summed E-state index contributed by atoms with van der Waals surface area (Å²) in [5.74, 6) is -0.0357. The Labute approximate surface area is 217 Å². The lowest BCUT2D eigenvalue weighted by Gasteiger charge is -2.18. The molecular weight excluding hydrogens is 440 g/mol. The lowest BCUT2D eigenvalue weighted by atomic mass is 9.83. The van der Waals surface area contributed by atoms with E-state index in [1.165, 1.54) is 33.4 Å². The maximum absolute atomic E-state index is 12.9. The highest BCUT2D eigenvalue weighted by Crippen LogP contribution is 2.28. The second-order valence-corrected chi connectivity index (χ2v) is 10.4. The van der Waals surface area contributed by atoms with Gasteiger partial charge in [-0.3, -0.25) is 9.59 Å². The largest absolute Gasteiger partial charge is 0.289 e.